The van der Waals surface area contributed by atoms with E-state index in [-0.39, 0.29) is 5.91 Å². The monoisotopic (exact) mass is 281 g/mol. The number of likely N-dealkylation sites (tertiary alicyclic amines) is 1. The van der Waals surface area contributed by atoms with Crippen LogP contribution in [0.25, 0.3) is 0 Å². The van der Waals surface area contributed by atoms with Crippen LogP contribution in [-0.4, -0.2) is 35.9 Å². The lowest BCUT2D eigenvalue weighted by atomic mass is 9.94. The fraction of sp³-hybridized carbons (Fsp3) is 0.571. The molecule has 5 heteroatoms. The summed E-state index contributed by atoms with van der Waals surface area (Å²) >= 11 is 5.94. The number of amides is 1. The molecule has 0 spiro atoms. The van der Waals surface area contributed by atoms with Crippen LogP contribution in [0.15, 0.2) is 12.1 Å². The molecular formula is C14H20ClN3O. The number of carbonyl (C=O) groups excluding carboxylic acids is 1. The lowest BCUT2D eigenvalue weighted by Crippen LogP contribution is -2.38. The van der Waals surface area contributed by atoms with Gasteiger partial charge >= 0.3 is 0 Å². The van der Waals surface area contributed by atoms with Gasteiger partial charge in [0.2, 0.25) is 0 Å². The van der Waals surface area contributed by atoms with E-state index < -0.39 is 0 Å². The molecule has 1 amide bonds. The van der Waals surface area contributed by atoms with E-state index in [9.17, 15) is 4.79 Å². The number of aromatic nitrogens is 1. The second kappa shape index (κ2) is 6.24. The second-order valence-electron chi connectivity index (χ2n) is 4.96. The molecule has 0 unspecified atom stereocenters. The van der Waals surface area contributed by atoms with E-state index in [1.807, 2.05) is 4.90 Å². The van der Waals surface area contributed by atoms with E-state index in [0.29, 0.717) is 16.5 Å². The summed E-state index contributed by atoms with van der Waals surface area (Å²) in [7, 11) is 1.76. The van der Waals surface area contributed by atoms with E-state index in [4.69, 9.17) is 11.6 Å². The molecule has 104 valence electrons. The number of hydrogen-bond donors (Lipinski definition) is 1. The first-order valence-electron chi connectivity index (χ1n) is 6.78. The Bertz CT molecular complexity index is 456. The molecule has 0 aliphatic carbocycles. The molecule has 19 heavy (non-hydrogen) atoms. The smallest absolute Gasteiger partial charge is 0.254 e. The Morgan fingerprint density at radius 1 is 1.47 bits per heavy atom. The third kappa shape index (κ3) is 3.38. The first-order valence-corrected chi connectivity index (χ1v) is 7.16. The van der Waals surface area contributed by atoms with E-state index in [0.717, 1.165) is 31.8 Å². The highest BCUT2D eigenvalue weighted by Gasteiger charge is 2.23. The van der Waals surface area contributed by atoms with Gasteiger partial charge in [-0.3, -0.25) is 4.79 Å². The summed E-state index contributed by atoms with van der Waals surface area (Å²) in [6, 6.07) is 3.39. The molecule has 1 fully saturated rings. The van der Waals surface area contributed by atoms with Gasteiger partial charge in [0.1, 0.15) is 11.0 Å². The molecule has 2 rings (SSSR count). The molecule has 1 saturated heterocycles. The van der Waals surface area contributed by atoms with Gasteiger partial charge in [-0.05, 0) is 30.9 Å². The van der Waals surface area contributed by atoms with Crippen molar-refractivity contribution in [2.24, 2.45) is 5.92 Å². The number of nitrogens with zero attached hydrogens (tertiary/aromatic N) is 2. The first-order chi connectivity index (χ1) is 9.13. The van der Waals surface area contributed by atoms with Crippen LogP contribution in [0.4, 0.5) is 5.82 Å². The molecule has 0 bridgehead atoms. The minimum Gasteiger partial charge on any atom is -0.373 e. The first kappa shape index (κ1) is 14.1. The lowest BCUT2D eigenvalue weighted by molar-refractivity contribution is 0.0688. The van der Waals surface area contributed by atoms with Gasteiger partial charge in [0.25, 0.3) is 5.91 Å². The molecule has 2 heterocycles. The van der Waals surface area contributed by atoms with E-state index in [2.05, 4.69) is 17.2 Å². The zero-order valence-electron chi connectivity index (χ0n) is 11.4. The maximum absolute atomic E-state index is 12.4. The van der Waals surface area contributed by atoms with Crippen LogP contribution >= 0.6 is 11.6 Å². The Morgan fingerprint density at radius 3 is 2.74 bits per heavy atom. The lowest BCUT2D eigenvalue weighted by Gasteiger charge is -2.31. The Morgan fingerprint density at radius 2 is 2.16 bits per heavy atom. The summed E-state index contributed by atoms with van der Waals surface area (Å²) in [6.45, 7) is 3.89. The Hall–Kier alpha value is -1.29. The number of piperidine rings is 1. The molecule has 0 aromatic carbocycles. The van der Waals surface area contributed by atoms with Crippen molar-refractivity contribution >= 4 is 23.3 Å². The van der Waals surface area contributed by atoms with Crippen LogP contribution in [0.5, 0.6) is 0 Å². The predicted octanol–water partition coefficient (Wildman–Crippen LogP) is 3.04. The van der Waals surface area contributed by atoms with E-state index >= 15 is 0 Å². The number of rotatable bonds is 3. The minimum atomic E-state index is 0.0513. The highest BCUT2D eigenvalue weighted by Crippen LogP contribution is 2.22. The molecule has 1 aliphatic rings. The van der Waals surface area contributed by atoms with Crippen LogP contribution in [-0.2, 0) is 0 Å². The largest absolute Gasteiger partial charge is 0.373 e. The average molecular weight is 282 g/mol. The maximum atomic E-state index is 12.4. The number of pyridine rings is 1. The number of hydrogen-bond acceptors (Lipinski definition) is 3. The topological polar surface area (TPSA) is 45.2 Å². The van der Waals surface area contributed by atoms with Crippen molar-refractivity contribution in [1.29, 1.82) is 0 Å². The Labute approximate surface area is 119 Å². The number of anilines is 1. The molecule has 1 aliphatic heterocycles. The molecule has 0 atom stereocenters. The second-order valence-corrected chi connectivity index (χ2v) is 5.34. The molecule has 1 aromatic rings. The van der Waals surface area contributed by atoms with Crippen molar-refractivity contribution in [1.82, 2.24) is 9.88 Å². The predicted molar refractivity (Wildman–Crippen MR) is 77.7 cm³/mol. The fourth-order valence-corrected chi connectivity index (χ4v) is 2.68. The van der Waals surface area contributed by atoms with Crippen LogP contribution in [0, 0.1) is 5.92 Å². The van der Waals surface area contributed by atoms with Gasteiger partial charge in [0.05, 0.1) is 0 Å². The van der Waals surface area contributed by atoms with Crippen LogP contribution in [0.3, 0.4) is 0 Å². The SMILES string of the molecule is CCC1CCN(C(=O)c2cc(Cl)nc(NC)c2)CC1. The average Bonchev–Trinajstić information content (AvgIpc) is 2.46. The number of nitrogens with one attached hydrogen (secondary N) is 1. The van der Waals surface area contributed by atoms with E-state index in [1.165, 1.54) is 6.42 Å². The van der Waals surface area contributed by atoms with Gasteiger partial charge in [-0.2, -0.15) is 0 Å². The summed E-state index contributed by atoms with van der Waals surface area (Å²) in [5.74, 6) is 1.44. The van der Waals surface area contributed by atoms with E-state index in [1.54, 1.807) is 19.2 Å². The van der Waals surface area contributed by atoms with Crippen LogP contribution in [0.1, 0.15) is 36.5 Å². The third-order valence-electron chi connectivity index (χ3n) is 3.78. The summed E-state index contributed by atoms with van der Waals surface area (Å²) in [5.41, 5.74) is 0.610. The van der Waals surface area contributed by atoms with Gasteiger partial charge in [-0.1, -0.05) is 24.9 Å². The number of carbonyl (C=O) groups is 1. The van der Waals surface area contributed by atoms with Crippen molar-refractivity contribution in [3.8, 4) is 0 Å². The molecular weight excluding hydrogens is 262 g/mol. The highest BCUT2D eigenvalue weighted by atomic mass is 35.5. The van der Waals surface area contributed by atoms with Crippen molar-refractivity contribution in [3.05, 3.63) is 22.8 Å². The van der Waals surface area contributed by atoms with Crippen molar-refractivity contribution in [2.75, 3.05) is 25.5 Å². The zero-order chi connectivity index (χ0) is 13.8. The van der Waals surface area contributed by atoms with Gasteiger partial charge in [-0.15, -0.1) is 0 Å². The van der Waals surface area contributed by atoms with Crippen LogP contribution in [0.2, 0.25) is 5.15 Å². The molecule has 1 aromatic heterocycles. The summed E-state index contributed by atoms with van der Waals surface area (Å²) in [4.78, 5) is 18.4. The quantitative estimate of drug-likeness (QED) is 0.866. The standard InChI is InChI=1S/C14H20ClN3O/c1-3-10-4-6-18(7-5-10)14(19)11-8-12(15)17-13(9-11)16-2/h8-10H,3-7H2,1-2H3,(H,16,17). The maximum Gasteiger partial charge on any atom is 0.254 e. The third-order valence-corrected chi connectivity index (χ3v) is 3.97. The molecule has 0 radical (unpaired) electrons. The zero-order valence-corrected chi connectivity index (χ0v) is 12.2. The normalized spacial score (nSPS) is 16.5. The van der Waals surface area contributed by atoms with Crippen LogP contribution < -0.4 is 5.32 Å². The summed E-state index contributed by atoms with van der Waals surface area (Å²) < 4.78 is 0. The fourth-order valence-electron chi connectivity index (χ4n) is 2.48. The van der Waals surface area contributed by atoms with Crippen molar-refractivity contribution in [3.63, 3.8) is 0 Å². The summed E-state index contributed by atoms with van der Waals surface area (Å²) in [6.07, 6.45) is 3.40. The molecule has 4 nitrogen and oxygen atoms in total. The number of halogens is 1. The molecule has 1 N–H and O–H groups in total. The highest BCUT2D eigenvalue weighted by molar-refractivity contribution is 6.29. The Balaban J connectivity index is 2.09. The minimum absolute atomic E-state index is 0.0513. The van der Waals surface area contributed by atoms with Crippen molar-refractivity contribution in [2.45, 2.75) is 26.2 Å². The Kier molecular flexibility index (Phi) is 4.64. The van der Waals surface area contributed by atoms with Gasteiger partial charge < -0.3 is 10.2 Å². The van der Waals surface area contributed by atoms with Gasteiger partial charge in [-0.25, -0.2) is 4.98 Å². The van der Waals surface area contributed by atoms with Gasteiger partial charge in [0.15, 0.2) is 0 Å². The summed E-state index contributed by atoms with van der Waals surface area (Å²) in [5, 5.41) is 3.26. The molecule has 0 saturated carbocycles. The van der Waals surface area contributed by atoms with Gasteiger partial charge in [0, 0.05) is 25.7 Å². The van der Waals surface area contributed by atoms with Crippen molar-refractivity contribution < 1.29 is 4.79 Å².